The SMILES string of the molecule is CC(C)(C)OC(=O)N1CCC[C@H]1C(=O)Nc1ccc2cc(-c3cnc(NC(=O)[C@@H]4CCCN4C(=O)OCc4ccccc4)nc3)ccc2n1.O=C(Nc1ncc(Br)cn1)[C@@H]1CCCN1C(=O)OCc1ccccc1. The van der Waals surface area contributed by atoms with E-state index in [1.165, 1.54) is 14.7 Å². The van der Waals surface area contributed by atoms with Crippen molar-refractivity contribution in [3.8, 4) is 11.1 Å². The van der Waals surface area contributed by atoms with Gasteiger partial charge in [0, 0.05) is 55.4 Å². The molecule has 21 heteroatoms. The topological polar surface area (TPSA) is 240 Å². The zero-order valence-electron chi connectivity index (χ0n) is 41.1. The van der Waals surface area contributed by atoms with Crippen LogP contribution in [-0.4, -0.2) is 119 Å². The van der Waals surface area contributed by atoms with E-state index in [4.69, 9.17) is 14.2 Å². The minimum atomic E-state index is -0.670. The number of anilines is 3. The molecule has 20 nitrogen and oxygen atoms in total. The molecule has 3 aliphatic heterocycles. The molecule has 384 valence electrons. The van der Waals surface area contributed by atoms with E-state index in [0.717, 1.165) is 38.5 Å². The first-order valence-electron chi connectivity index (χ1n) is 24.2. The lowest BCUT2D eigenvalue weighted by Crippen LogP contribution is -2.45. The Bertz CT molecular complexity index is 2950. The number of halogens is 1. The van der Waals surface area contributed by atoms with Gasteiger partial charge in [-0.3, -0.25) is 39.7 Å². The maximum Gasteiger partial charge on any atom is 0.410 e. The maximum atomic E-state index is 13.1. The summed E-state index contributed by atoms with van der Waals surface area (Å²) in [6, 6.07) is 26.2. The number of benzene rings is 3. The molecule has 3 saturated heterocycles. The van der Waals surface area contributed by atoms with Gasteiger partial charge in [0.25, 0.3) is 0 Å². The van der Waals surface area contributed by atoms with Crippen molar-refractivity contribution in [1.82, 2.24) is 39.6 Å². The van der Waals surface area contributed by atoms with Gasteiger partial charge in [0.15, 0.2) is 0 Å². The summed E-state index contributed by atoms with van der Waals surface area (Å²) in [5.74, 6) is -0.260. The van der Waals surface area contributed by atoms with Crippen molar-refractivity contribution in [2.75, 3.05) is 35.6 Å². The van der Waals surface area contributed by atoms with Gasteiger partial charge < -0.3 is 19.5 Å². The number of nitrogens with one attached hydrogen (secondary N) is 3. The number of nitrogens with zero attached hydrogens (tertiary/aromatic N) is 8. The zero-order valence-corrected chi connectivity index (χ0v) is 42.7. The fourth-order valence-corrected chi connectivity index (χ4v) is 8.79. The Labute approximate surface area is 435 Å². The summed E-state index contributed by atoms with van der Waals surface area (Å²) in [5.41, 5.74) is 3.36. The van der Waals surface area contributed by atoms with Crippen molar-refractivity contribution in [3.05, 3.63) is 131 Å². The van der Waals surface area contributed by atoms with Crippen molar-refractivity contribution in [3.63, 3.8) is 0 Å². The highest BCUT2D eigenvalue weighted by Crippen LogP contribution is 2.27. The van der Waals surface area contributed by atoms with Gasteiger partial charge in [-0.15, -0.1) is 0 Å². The third-order valence-electron chi connectivity index (χ3n) is 12.2. The van der Waals surface area contributed by atoms with E-state index >= 15 is 0 Å². The highest BCUT2D eigenvalue weighted by molar-refractivity contribution is 9.10. The van der Waals surface area contributed by atoms with Crippen LogP contribution in [0.15, 0.2) is 120 Å². The van der Waals surface area contributed by atoms with E-state index in [2.05, 4.69) is 56.8 Å². The summed E-state index contributed by atoms with van der Waals surface area (Å²) in [6.45, 7) is 7.09. The zero-order chi connectivity index (χ0) is 52.2. The average molecular weight is 1070 g/mol. The lowest BCUT2D eigenvalue weighted by atomic mass is 10.1. The molecule has 3 N–H and O–H groups in total. The van der Waals surface area contributed by atoms with E-state index in [-0.39, 0.29) is 42.8 Å². The molecule has 6 amide bonds. The number of fused-ring (bicyclic) bond motifs is 1. The molecule has 3 fully saturated rings. The van der Waals surface area contributed by atoms with Gasteiger partial charge >= 0.3 is 18.3 Å². The van der Waals surface area contributed by atoms with E-state index in [9.17, 15) is 28.8 Å². The van der Waals surface area contributed by atoms with Crippen LogP contribution in [0.5, 0.6) is 0 Å². The lowest BCUT2D eigenvalue weighted by molar-refractivity contribution is -0.121. The van der Waals surface area contributed by atoms with E-state index < -0.39 is 42.0 Å². The molecule has 9 rings (SSSR count). The Morgan fingerprint density at radius 2 is 1.03 bits per heavy atom. The van der Waals surface area contributed by atoms with Crippen LogP contribution in [0.2, 0.25) is 0 Å². The molecule has 3 aliphatic rings. The summed E-state index contributed by atoms with van der Waals surface area (Å²) in [4.78, 5) is 102. The number of rotatable bonds is 11. The average Bonchev–Trinajstić information content (AvgIpc) is 4.22. The second kappa shape index (κ2) is 24.1. The molecular formula is C53H56BrN11O9. The van der Waals surface area contributed by atoms with Crippen molar-refractivity contribution >= 4 is 80.5 Å². The molecule has 0 radical (unpaired) electrons. The Morgan fingerprint density at radius 3 is 1.51 bits per heavy atom. The second-order valence-electron chi connectivity index (χ2n) is 18.7. The fraction of sp³-hybridized carbons (Fsp3) is 0.340. The van der Waals surface area contributed by atoms with E-state index in [0.29, 0.717) is 63.1 Å². The molecule has 6 aromatic rings. The van der Waals surface area contributed by atoms with Crippen LogP contribution in [0.1, 0.15) is 70.4 Å². The molecule has 74 heavy (non-hydrogen) atoms. The minimum absolute atomic E-state index is 0.133. The number of pyridine rings is 1. The number of likely N-dealkylation sites (tertiary alicyclic amines) is 3. The number of hydrogen-bond donors (Lipinski definition) is 3. The molecule has 0 aliphatic carbocycles. The smallest absolute Gasteiger partial charge is 0.410 e. The third-order valence-corrected chi connectivity index (χ3v) is 12.6. The summed E-state index contributed by atoms with van der Waals surface area (Å²) in [5, 5.41) is 9.05. The molecule has 0 saturated carbocycles. The second-order valence-corrected chi connectivity index (χ2v) is 19.6. The predicted octanol–water partition coefficient (Wildman–Crippen LogP) is 8.75. The van der Waals surface area contributed by atoms with Gasteiger partial charge in [-0.2, -0.15) is 0 Å². The van der Waals surface area contributed by atoms with Crippen molar-refractivity contribution < 1.29 is 43.0 Å². The first-order valence-corrected chi connectivity index (χ1v) is 25.0. The molecule has 6 heterocycles. The Morgan fingerprint density at radius 1 is 0.568 bits per heavy atom. The summed E-state index contributed by atoms with van der Waals surface area (Å²) in [6.07, 6.45) is 8.62. The van der Waals surface area contributed by atoms with Crippen LogP contribution >= 0.6 is 15.9 Å². The van der Waals surface area contributed by atoms with Crippen LogP contribution in [0, 0.1) is 0 Å². The molecule has 0 spiro atoms. The van der Waals surface area contributed by atoms with Gasteiger partial charge in [-0.25, -0.2) is 39.3 Å². The number of amides is 6. The minimum Gasteiger partial charge on any atom is -0.445 e. The van der Waals surface area contributed by atoms with Crippen LogP contribution in [0.3, 0.4) is 0 Å². The highest BCUT2D eigenvalue weighted by Gasteiger charge is 2.38. The Kier molecular flexibility index (Phi) is 17.0. The third kappa shape index (κ3) is 13.9. The fourth-order valence-electron chi connectivity index (χ4n) is 8.59. The summed E-state index contributed by atoms with van der Waals surface area (Å²) in [7, 11) is 0. The molecule has 3 atom stereocenters. The summed E-state index contributed by atoms with van der Waals surface area (Å²) >= 11 is 3.24. The molecule has 0 unspecified atom stereocenters. The van der Waals surface area contributed by atoms with Crippen molar-refractivity contribution in [1.29, 1.82) is 0 Å². The maximum absolute atomic E-state index is 13.1. The summed E-state index contributed by atoms with van der Waals surface area (Å²) < 4.78 is 17.0. The predicted molar refractivity (Wildman–Crippen MR) is 277 cm³/mol. The number of ether oxygens (including phenoxy) is 3. The van der Waals surface area contributed by atoms with Gasteiger partial charge in [0.05, 0.1) is 9.99 Å². The number of hydrogen-bond acceptors (Lipinski definition) is 14. The monoisotopic (exact) mass is 1070 g/mol. The number of aromatic nitrogens is 5. The van der Waals surface area contributed by atoms with E-state index in [1.807, 2.05) is 84.9 Å². The highest BCUT2D eigenvalue weighted by atomic mass is 79.9. The van der Waals surface area contributed by atoms with Gasteiger partial charge in [-0.05, 0) is 116 Å². The lowest BCUT2D eigenvalue weighted by Gasteiger charge is -2.27. The van der Waals surface area contributed by atoms with Gasteiger partial charge in [0.2, 0.25) is 29.6 Å². The molecule has 0 bridgehead atoms. The molecule has 3 aromatic heterocycles. The Hall–Kier alpha value is -8.07. The quantitative estimate of drug-likeness (QED) is 0.103. The largest absolute Gasteiger partial charge is 0.445 e. The Balaban J connectivity index is 0.000000244. The first kappa shape index (κ1) is 52.3. The first-order chi connectivity index (χ1) is 35.7. The van der Waals surface area contributed by atoms with Crippen LogP contribution in [0.4, 0.5) is 32.1 Å². The van der Waals surface area contributed by atoms with Gasteiger partial charge in [-0.1, -0.05) is 66.7 Å². The van der Waals surface area contributed by atoms with Crippen molar-refractivity contribution in [2.45, 2.75) is 96.2 Å². The number of carbonyl (C=O) groups excluding carboxylic acids is 6. The standard InChI is InChI=1S/C36H39N7O6.C17H17BrN4O3/c1-36(2,3)49-35(47)43-18-8-11-28(43)31(44)40-30-16-14-25-19-24(13-15-27(25)39-30)26-20-37-33(38-21-26)41-32(45)29-12-7-17-42(29)34(46)48-22-23-9-5-4-6-10-23;18-13-9-19-16(20-10-13)21-15(23)14-7-4-8-22(14)17(24)25-11-12-5-2-1-3-6-12/h4-6,9-10,13-16,19-21,28-29H,7-8,11-12,17-18,22H2,1-3H3,(H,39,40,44)(H,37,38,41,45);1-3,5-6,9-10,14H,4,7-8,11H2,(H,19,20,21,23)/t28-,29-;14-/m00/s1. The number of carbonyl (C=O) groups is 6. The van der Waals surface area contributed by atoms with Gasteiger partial charge in [0.1, 0.15) is 42.8 Å². The van der Waals surface area contributed by atoms with E-state index in [1.54, 1.807) is 51.6 Å². The normalized spacial score (nSPS) is 17.2. The van der Waals surface area contributed by atoms with Crippen molar-refractivity contribution in [2.24, 2.45) is 0 Å². The van der Waals surface area contributed by atoms with Crippen LogP contribution in [-0.2, 0) is 41.8 Å². The molecular weight excluding hydrogens is 1010 g/mol. The van der Waals surface area contributed by atoms with Crippen LogP contribution in [0.25, 0.3) is 22.0 Å². The van der Waals surface area contributed by atoms with Crippen LogP contribution < -0.4 is 16.0 Å². The molecule has 3 aromatic carbocycles.